The highest BCUT2D eigenvalue weighted by Gasteiger charge is 2.06. The highest BCUT2D eigenvalue weighted by Crippen LogP contribution is 2.04. The molecule has 1 rings (SSSR count). The van der Waals surface area contributed by atoms with Crippen molar-refractivity contribution in [2.24, 2.45) is 0 Å². The normalized spacial score (nSPS) is 9.77. The summed E-state index contributed by atoms with van der Waals surface area (Å²) in [6.45, 7) is 4.53. The summed E-state index contributed by atoms with van der Waals surface area (Å²) in [5, 5.41) is 17.0. The van der Waals surface area contributed by atoms with Crippen molar-refractivity contribution in [2.75, 3.05) is 13.2 Å². The van der Waals surface area contributed by atoms with Crippen molar-refractivity contribution in [1.29, 1.82) is 0 Å². The number of ether oxygens (including phenoxy) is 2. The molecule has 0 fully saturated rings. The van der Waals surface area contributed by atoms with Crippen LogP contribution in [0.5, 0.6) is 0 Å². The number of carboxylic acids is 2. The van der Waals surface area contributed by atoms with E-state index in [-0.39, 0.29) is 11.1 Å². The predicted molar refractivity (Wildman–Crippen MR) is 92.0 cm³/mol. The molecule has 0 heterocycles. The van der Waals surface area contributed by atoms with Crippen molar-refractivity contribution in [3.05, 3.63) is 47.5 Å². The van der Waals surface area contributed by atoms with Crippen LogP contribution >= 0.6 is 0 Å². The molecule has 0 aliphatic rings. The SMILES string of the molecule is CCCOC(=O)/C=C/C(=O)OCCC.O=C(O)c1cccc(C(=O)O)c1. The maximum Gasteiger partial charge on any atom is 0.335 e. The first-order valence-electron chi connectivity index (χ1n) is 7.90. The highest BCUT2D eigenvalue weighted by atomic mass is 16.5. The summed E-state index contributed by atoms with van der Waals surface area (Å²) >= 11 is 0. The Labute approximate surface area is 151 Å². The van der Waals surface area contributed by atoms with Gasteiger partial charge in [-0.2, -0.15) is 0 Å². The van der Waals surface area contributed by atoms with Gasteiger partial charge in [-0.25, -0.2) is 19.2 Å². The Morgan fingerprint density at radius 2 is 1.23 bits per heavy atom. The number of hydrogen-bond acceptors (Lipinski definition) is 6. The summed E-state index contributed by atoms with van der Waals surface area (Å²) in [5.41, 5.74) is -0.0372. The van der Waals surface area contributed by atoms with Crippen LogP contribution < -0.4 is 0 Å². The molecular formula is C18H22O8. The van der Waals surface area contributed by atoms with Gasteiger partial charge in [0.2, 0.25) is 0 Å². The third-order valence-electron chi connectivity index (χ3n) is 2.61. The molecule has 0 aliphatic carbocycles. The molecule has 1 aromatic rings. The molecule has 0 bridgehead atoms. The first-order chi connectivity index (χ1) is 12.3. The Morgan fingerprint density at radius 3 is 1.54 bits per heavy atom. The number of carbonyl (C=O) groups is 4. The Balaban J connectivity index is 0.000000485. The van der Waals surface area contributed by atoms with E-state index >= 15 is 0 Å². The van der Waals surface area contributed by atoms with Gasteiger partial charge in [0.1, 0.15) is 0 Å². The number of carbonyl (C=O) groups excluding carboxylic acids is 2. The van der Waals surface area contributed by atoms with Crippen molar-refractivity contribution in [1.82, 2.24) is 0 Å². The van der Waals surface area contributed by atoms with Crippen LogP contribution in [-0.2, 0) is 19.1 Å². The summed E-state index contributed by atoms with van der Waals surface area (Å²) < 4.78 is 9.43. The van der Waals surface area contributed by atoms with Crippen LogP contribution in [0.4, 0.5) is 0 Å². The zero-order valence-corrected chi connectivity index (χ0v) is 14.6. The van der Waals surface area contributed by atoms with Crippen molar-refractivity contribution in [3.63, 3.8) is 0 Å². The molecule has 2 N–H and O–H groups in total. The highest BCUT2D eigenvalue weighted by molar-refractivity contribution is 5.93. The number of carboxylic acid groups (broad SMARTS) is 2. The maximum absolute atomic E-state index is 10.9. The molecule has 1 aromatic carbocycles. The van der Waals surface area contributed by atoms with Gasteiger partial charge in [0.25, 0.3) is 0 Å². The van der Waals surface area contributed by atoms with E-state index in [1.54, 1.807) is 0 Å². The molecular weight excluding hydrogens is 344 g/mol. The summed E-state index contributed by atoms with van der Waals surface area (Å²) in [6.07, 6.45) is 3.68. The van der Waals surface area contributed by atoms with Gasteiger partial charge in [-0.05, 0) is 31.0 Å². The average Bonchev–Trinajstić information content (AvgIpc) is 2.63. The van der Waals surface area contributed by atoms with Crippen LogP contribution in [0, 0.1) is 0 Å². The smallest absolute Gasteiger partial charge is 0.335 e. The fourth-order valence-corrected chi connectivity index (χ4v) is 1.42. The molecule has 0 aromatic heterocycles. The number of esters is 2. The number of rotatable bonds is 8. The molecule has 142 valence electrons. The molecule has 0 atom stereocenters. The number of benzene rings is 1. The summed E-state index contributed by atoms with van der Waals surface area (Å²) in [5.74, 6) is -3.28. The van der Waals surface area contributed by atoms with Crippen molar-refractivity contribution in [3.8, 4) is 0 Å². The maximum atomic E-state index is 10.9. The van der Waals surface area contributed by atoms with Crippen molar-refractivity contribution in [2.45, 2.75) is 26.7 Å². The molecule has 8 nitrogen and oxygen atoms in total. The van der Waals surface area contributed by atoms with Gasteiger partial charge in [0, 0.05) is 12.2 Å². The zero-order valence-electron chi connectivity index (χ0n) is 14.6. The lowest BCUT2D eigenvalue weighted by Gasteiger charge is -1.98. The van der Waals surface area contributed by atoms with E-state index in [9.17, 15) is 19.2 Å². The van der Waals surface area contributed by atoms with Crippen LogP contribution in [0.1, 0.15) is 47.4 Å². The van der Waals surface area contributed by atoms with Gasteiger partial charge in [-0.1, -0.05) is 19.9 Å². The van der Waals surface area contributed by atoms with Gasteiger partial charge in [0.05, 0.1) is 24.3 Å². The van der Waals surface area contributed by atoms with Gasteiger partial charge in [0.15, 0.2) is 0 Å². The van der Waals surface area contributed by atoms with E-state index in [4.69, 9.17) is 19.7 Å². The van der Waals surface area contributed by atoms with Crippen LogP contribution in [0.25, 0.3) is 0 Å². The van der Waals surface area contributed by atoms with Crippen molar-refractivity contribution < 1.29 is 38.9 Å². The zero-order chi connectivity index (χ0) is 19.9. The summed E-state index contributed by atoms with van der Waals surface area (Å²) in [4.78, 5) is 42.5. The molecule has 8 heteroatoms. The lowest BCUT2D eigenvalue weighted by molar-refractivity contribution is -0.140. The van der Waals surface area contributed by atoms with E-state index in [0.29, 0.717) is 13.2 Å². The van der Waals surface area contributed by atoms with E-state index in [0.717, 1.165) is 31.1 Å². The molecule has 26 heavy (non-hydrogen) atoms. The summed E-state index contributed by atoms with van der Waals surface area (Å²) in [7, 11) is 0. The van der Waals surface area contributed by atoms with Gasteiger partial charge < -0.3 is 19.7 Å². The molecule has 0 unspecified atom stereocenters. The summed E-state index contributed by atoms with van der Waals surface area (Å²) in [6, 6.07) is 5.20. The van der Waals surface area contributed by atoms with Crippen LogP contribution in [0.3, 0.4) is 0 Å². The largest absolute Gasteiger partial charge is 0.478 e. The molecule has 0 spiro atoms. The third-order valence-corrected chi connectivity index (χ3v) is 2.61. The molecule has 0 aliphatic heterocycles. The quantitative estimate of drug-likeness (QED) is 0.531. The van der Waals surface area contributed by atoms with Crippen LogP contribution in [-0.4, -0.2) is 47.3 Å². The lowest BCUT2D eigenvalue weighted by atomic mass is 10.1. The second kappa shape index (κ2) is 13.2. The Kier molecular flexibility index (Phi) is 11.6. The van der Waals surface area contributed by atoms with Gasteiger partial charge in [-0.15, -0.1) is 0 Å². The molecule has 0 saturated heterocycles. The van der Waals surface area contributed by atoms with E-state index in [2.05, 4.69) is 0 Å². The monoisotopic (exact) mass is 366 g/mol. The van der Waals surface area contributed by atoms with Crippen LogP contribution in [0.2, 0.25) is 0 Å². The third kappa shape index (κ3) is 10.6. The second-order valence-electron chi connectivity index (χ2n) is 4.86. The topological polar surface area (TPSA) is 127 Å². The Morgan fingerprint density at radius 1 is 0.846 bits per heavy atom. The van der Waals surface area contributed by atoms with Gasteiger partial charge >= 0.3 is 23.9 Å². The fraction of sp³-hybridized carbons (Fsp3) is 0.333. The first kappa shape index (κ1) is 22.8. The standard InChI is InChI=1S/C10H16O4.C8H6O4/c1-3-7-13-9(11)5-6-10(12)14-8-4-2;9-7(10)5-2-1-3-6(4-5)8(11)12/h5-6H,3-4,7-8H2,1-2H3;1-4H,(H,9,10)(H,11,12)/b6-5+;. The number of aromatic carboxylic acids is 2. The minimum atomic E-state index is -1.13. The van der Waals surface area contributed by atoms with E-state index in [1.807, 2.05) is 13.8 Å². The van der Waals surface area contributed by atoms with Gasteiger partial charge in [-0.3, -0.25) is 0 Å². The average molecular weight is 366 g/mol. The Hall–Kier alpha value is -3.16. The van der Waals surface area contributed by atoms with E-state index < -0.39 is 23.9 Å². The first-order valence-corrected chi connectivity index (χ1v) is 7.90. The van der Waals surface area contributed by atoms with E-state index in [1.165, 1.54) is 18.2 Å². The Bertz CT molecular complexity index is 597. The fourth-order valence-electron chi connectivity index (χ4n) is 1.42. The molecule has 0 amide bonds. The van der Waals surface area contributed by atoms with Crippen molar-refractivity contribution >= 4 is 23.9 Å². The number of hydrogen-bond donors (Lipinski definition) is 2. The van der Waals surface area contributed by atoms with Crippen LogP contribution in [0.15, 0.2) is 36.4 Å². The minimum Gasteiger partial charge on any atom is -0.478 e. The second-order valence-corrected chi connectivity index (χ2v) is 4.86. The molecule has 0 saturated carbocycles. The lowest BCUT2D eigenvalue weighted by Crippen LogP contribution is -2.05. The predicted octanol–water partition coefficient (Wildman–Crippen LogP) is 2.53. The minimum absolute atomic E-state index is 0.0186. The molecule has 0 radical (unpaired) electrons.